The zero-order chi connectivity index (χ0) is 10.9. The molecule has 1 aromatic carbocycles. The van der Waals surface area contributed by atoms with Gasteiger partial charge in [-0.2, -0.15) is 13.2 Å². The first-order chi connectivity index (χ1) is 6.36. The molecule has 1 N–H and O–H groups in total. The van der Waals surface area contributed by atoms with E-state index in [4.69, 9.17) is 5.11 Å². The van der Waals surface area contributed by atoms with Crippen LogP contribution in [0, 0.1) is 13.8 Å². The molecule has 0 aliphatic rings. The second kappa shape index (κ2) is 3.61. The van der Waals surface area contributed by atoms with Crippen molar-refractivity contribution in [1.29, 1.82) is 0 Å². The van der Waals surface area contributed by atoms with Crippen molar-refractivity contribution in [3.63, 3.8) is 0 Å². The molecule has 14 heavy (non-hydrogen) atoms. The molecule has 0 heterocycles. The highest BCUT2D eigenvalue weighted by Gasteiger charge is 2.33. The van der Waals surface area contributed by atoms with Crippen LogP contribution in [-0.4, -0.2) is 5.11 Å². The molecule has 1 nitrogen and oxygen atoms in total. The van der Waals surface area contributed by atoms with Gasteiger partial charge in [-0.1, -0.05) is 6.07 Å². The van der Waals surface area contributed by atoms with E-state index >= 15 is 0 Å². The Bertz CT molecular complexity index is 342. The Morgan fingerprint density at radius 2 is 1.64 bits per heavy atom. The van der Waals surface area contributed by atoms with Crippen LogP contribution in [0.1, 0.15) is 22.3 Å². The number of aliphatic hydroxyl groups is 1. The van der Waals surface area contributed by atoms with Crippen molar-refractivity contribution in [2.24, 2.45) is 0 Å². The molecule has 0 aromatic heterocycles. The van der Waals surface area contributed by atoms with Gasteiger partial charge in [-0.25, -0.2) is 0 Å². The Labute approximate surface area is 80.2 Å². The zero-order valence-electron chi connectivity index (χ0n) is 7.94. The number of halogens is 3. The highest BCUT2D eigenvalue weighted by Crippen LogP contribution is 2.33. The largest absolute Gasteiger partial charge is 0.416 e. The fourth-order valence-electron chi connectivity index (χ4n) is 1.27. The van der Waals surface area contributed by atoms with Crippen molar-refractivity contribution in [3.05, 3.63) is 34.4 Å². The number of hydrogen-bond acceptors (Lipinski definition) is 1. The first-order valence-corrected chi connectivity index (χ1v) is 4.14. The Kier molecular flexibility index (Phi) is 2.85. The van der Waals surface area contributed by atoms with E-state index < -0.39 is 18.3 Å². The number of benzene rings is 1. The van der Waals surface area contributed by atoms with Gasteiger partial charge in [0.15, 0.2) is 0 Å². The highest BCUT2D eigenvalue weighted by atomic mass is 19.4. The summed E-state index contributed by atoms with van der Waals surface area (Å²) in [4.78, 5) is 0. The van der Waals surface area contributed by atoms with Crippen LogP contribution in [0.15, 0.2) is 12.1 Å². The van der Waals surface area contributed by atoms with Crippen LogP contribution < -0.4 is 0 Å². The smallest absolute Gasteiger partial charge is 0.392 e. The highest BCUT2D eigenvalue weighted by molar-refractivity contribution is 5.38. The standard InChI is InChI=1S/C10H11F3O/c1-6-3-8(5-14)9(4-7(6)2)10(11,12)13/h3-4,14H,5H2,1-2H3. The molecule has 0 saturated carbocycles. The van der Waals surface area contributed by atoms with Gasteiger partial charge >= 0.3 is 6.18 Å². The quantitative estimate of drug-likeness (QED) is 0.745. The molecule has 0 atom stereocenters. The first kappa shape index (κ1) is 11.0. The molecule has 0 aliphatic heterocycles. The summed E-state index contributed by atoms with van der Waals surface area (Å²) in [5.74, 6) is 0. The van der Waals surface area contributed by atoms with Crippen molar-refractivity contribution >= 4 is 0 Å². The van der Waals surface area contributed by atoms with E-state index in [0.29, 0.717) is 5.56 Å². The van der Waals surface area contributed by atoms with Gasteiger partial charge in [0.1, 0.15) is 0 Å². The Morgan fingerprint density at radius 1 is 1.14 bits per heavy atom. The van der Waals surface area contributed by atoms with Crippen molar-refractivity contribution in [3.8, 4) is 0 Å². The predicted molar refractivity (Wildman–Crippen MR) is 46.8 cm³/mol. The third-order valence-corrected chi connectivity index (χ3v) is 2.20. The monoisotopic (exact) mass is 204 g/mol. The lowest BCUT2D eigenvalue weighted by atomic mass is 10.00. The third kappa shape index (κ3) is 2.07. The summed E-state index contributed by atoms with van der Waals surface area (Å²) in [7, 11) is 0. The van der Waals surface area contributed by atoms with Gasteiger partial charge in [-0.3, -0.25) is 0 Å². The van der Waals surface area contributed by atoms with E-state index in [1.165, 1.54) is 6.07 Å². The summed E-state index contributed by atoms with van der Waals surface area (Å²) in [6, 6.07) is 2.44. The summed E-state index contributed by atoms with van der Waals surface area (Å²) in [6.45, 7) is 2.75. The average Bonchev–Trinajstić information content (AvgIpc) is 2.07. The van der Waals surface area contributed by atoms with Crippen LogP contribution in [0.25, 0.3) is 0 Å². The SMILES string of the molecule is Cc1cc(CO)c(C(F)(F)F)cc1C. The van der Waals surface area contributed by atoms with Crippen LogP contribution in [0.2, 0.25) is 0 Å². The van der Waals surface area contributed by atoms with E-state index in [1.54, 1.807) is 13.8 Å². The summed E-state index contributed by atoms with van der Waals surface area (Å²) >= 11 is 0. The fourth-order valence-corrected chi connectivity index (χ4v) is 1.27. The van der Waals surface area contributed by atoms with Gasteiger partial charge in [0, 0.05) is 0 Å². The van der Waals surface area contributed by atoms with Gasteiger partial charge in [0.25, 0.3) is 0 Å². The Balaban J connectivity index is 3.35. The molecule has 0 unspecified atom stereocenters. The maximum Gasteiger partial charge on any atom is 0.416 e. The summed E-state index contributed by atoms with van der Waals surface area (Å²) in [5, 5.41) is 8.80. The molecule has 0 fully saturated rings. The lowest BCUT2D eigenvalue weighted by molar-refractivity contribution is -0.138. The molecular formula is C10H11F3O. The predicted octanol–water partition coefficient (Wildman–Crippen LogP) is 2.81. The fraction of sp³-hybridized carbons (Fsp3) is 0.400. The molecule has 78 valence electrons. The number of aryl methyl sites for hydroxylation is 2. The lowest BCUT2D eigenvalue weighted by Crippen LogP contribution is -2.10. The van der Waals surface area contributed by atoms with Crippen molar-refractivity contribution in [1.82, 2.24) is 0 Å². The van der Waals surface area contributed by atoms with Crippen LogP contribution in [0.4, 0.5) is 13.2 Å². The number of alkyl halides is 3. The molecule has 0 amide bonds. The molecule has 0 saturated heterocycles. The van der Waals surface area contributed by atoms with E-state index in [0.717, 1.165) is 11.6 Å². The molecule has 0 radical (unpaired) electrons. The van der Waals surface area contributed by atoms with Gasteiger partial charge in [-0.05, 0) is 36.6 Å². The van der Waals surface area contributed by atoms with Gasteiger partial charge in [-0.15, -0.1) is 0 Å². The molecule has 0 bridgehead atoms. The first-order valence-electron chi connectivity index (χ1n) is 4.14. The minimum absolute atomic E-state index is 0.0689. The summed E-state index contributed by atoms with van der Waals surface area (Å²) in [5.41, 5.74) is 0.514. The van der Waals surface area contributed by atoms with Crippen LogP contribution in [0.5, 0.6) is 0 Å². The third-order valence-electron chi connectivity index (χ3n) is 2.20. The maximum atomic E-state index is 12.4. The normalized spacial score (nSPS) is 11.9. The Hall–Kier alpha value is -1.03. The van der Waals surface area contributed by atoms with Gasteiger partial charge < -0.3 is 5.11 Å². The van der Waals surface area contributed by atoms with Crippen molar-refractivity contribution < 1.29 is 18.3 Å². The van der Waals surface area contributed by atoms with Gasteiger partial charge in [0.2, 0.25) is 0 Å². The molecule has 4 heteroatoms. The topological polar surface area (TPSA) is 20.2 Å². The number of rotatable bonds is 1. The second-order valence-corrected chi connectivity index (χ2v) is 3.25. The maximum absolute atomic E-state index is 12.4. The molecular weight excluding hydrogens is 193 g/mol. The summed E-state index contributed by atoms with van der Waals surface area (Å²) < 4.78 is 37.3. The van der Waals surface area contributed by atoms with Crippen LogP contribution in [-0.2, 0) is 12.8 Å². The van der Waals surface area contributed by atoms with Crippen molar-refractivity contribution in [2.45, 2.75) is 26.6 Å². The minimum atomic E-state index is -4.39. The molecule has 0 spiro atoms. The van der Waals surface area contributed by atoms with Gasteiger partial charge in [0.05, 0.1) is 12.2 Å². The molecule has 1 rings (SSSR count). The number of aliphatic hydroxyl groups excluding tert-OH is 1. The van der Waals surface area contributed by atoms with Crippen LogP contribution >= 0.6 is 0 Å². The van der Waals surface area contributed by atoms with Crippen molar-refractivity contribution in [2.75, 3.05) is 0 Å². The number of hydrogen-bond donors (Lipinski definition) is 1. The van der Waals surface area contributed by atoms with E-state index in [9.17, 15) is 13.2 Å². The molecule has 1 aromatic rings. The molecule has 0 aliphatic carbocycles. The zero-order valence-corrected chi connectivity index (χ0v) is 7.94. The second-order valence-electron chi connectivity index (χ2n) is 3.25. The van der Waals surface area contributed by atoms with E-state index in [1.807, 2.05) is 0 Å². The average molecular weight is 204 g/mol. The van der Waals surface area contributed by atoms with E-state index in [-0.39, 0.29) is 5.56 Å². The Morgan fingerprint density at radius 3 is 2.07 bits per heavy atom. The summed E-state index contributed by atoms with van der Waals surface area (Å²) in [6.07, 6.45) is -4.39. The lowest BCUT2D eigenvalue weighted by Gasteiger charge is -2.13. The minimum Gasteiger partial charge on any atom is -0.392 e. The van der Waals surface area contributed by atoms with Crippen LogP contribution in [0.3, 0.4) is 0 Å². The van der Waals surface area contributed by atoms with E-state index in [2.05, 4.69) is 0 Å².